The second kappa shape index (κ2) is 7.94. The summed E-state index contributed by atoms with van der Waals surface area (Å²) in [5.41, 5.74) is 0. The molecule has 0 saturated heterocycles. The number of aromatic nitrogens is 2. The van der Waals surface area contributed by atoms with Crippen LogP contribution in [0.5, 0.6) is 0 Å². The Bertz CT molecular complexity index is 518. The molecule has 20 heavy (non-hydrogen) atoms. The molecule has 0 atom stereocenters. The van der Waals surface area contributed by atoms with E-state index in [1.807, 2.05) is 0 Å². The van der Waals surface area contributed by atoms with E-state index < -0.39 is 10.0 Å². The molecule has 0 saturated carbocycles. The zero-order valence-electron chi connectivity index (χ0n) is 11.9. The van der Waals surface area contributed by atoms with Crippen molar-refractivity contribution >= 4 is 21.6 Å². The van der Waals surface area contributed by atoms with Crippen LogP contribution < -0.4 is 0 Å². The highest BCUT2D eigenvalue weighted by molar-refractivity contribution is 7.89. The number of hydrogen-bond acceptors (Lipinski definition) is 5. The van der Waals surface area contributed by atoms with E-state index in [0.29, 0.717) is 26.2 Å². The van der Waals surface area contributed by atoms with Gasteiger partial charge in [0.2, 0.25) is 5.03 Å². The number of aryl methyl sites for hydroxylation is 1. The molecule has 0 aromatic carbocycles. The van der Waals surface area contributed by atoms with Gasteiger partial charge in [-0.3, -0.25) is 0 Å². The highest BCUT2D eigenvalue weighted by Crippen LogP contribution is 2.22. The molecule has 1 rings (SSSR count). The van der Waals surface area contributed by atoms with Crippen LogP contribution >= 0.6 is 11.6 Å². The van der Waals surface area contributed by atoms with E-state index in [4.69, 9.17) is 21.1 Å². The van der Waals surface area contributed by atoms with E-state index in [2.05, 4.69) is 4.98 Å². The van der Waals surface area contributed by atoms with Crippen LogP contribution in [0.2, 0.25) is 5.15 Å². The first-order chi connectivity index (χ1) is 9.45. The van der Waals surface area contributed by atoms with Crippen LogP contribution in [0, 0.1) is 0 Å². The number of hydrogen-bond donors (Lipinski definition) is 0. The molecular weight excluding hydrogens is 306 g/mol. The highest BCUT2D eigenvalue weighted by Gasteiger charge is 2.29. The average Bonchev–Trinajstić information content (AvgIpc) is 2.74. The summed E-state index contributed by atoms with van der Waals surface area (Å²) in [6.45, 7) is 1.35. The summed E-state index contributed by atoms with van der Waals surface area (Å²) in [6, 6.07) is 0. The fourth-order valence-corrected chi connectivity index (χ4v) is 3.47. The summed E-state index contributed by atoms with van der Waals surface area (Å²) < 4.78 is 37.7. The van der Waals surface area contributed by atoms with Crippen LogP contribution in [0.4, 0.5) is 0 Å². The van der Waals surface area contributed by atoms with Gasteiger partial charge in [0, 0.05) is 41.0 Å². The van der Waals surface area contributed by atoms with Gasteiger partial charge in [-0.15, -0.1) is 0 Å². The summed E-state index contributed by atoms with van der Waals surface area (Å²) in [4.78, 5) is 3.87. The standard InChI is InChI=1S/C11H20ClN3O4S/c1-14-9-13-11(10(14)12)20(16,17)15(6-8-19-3)5-4-7-18-2/h9H,4-8H2,1-3H3. The van der Waals surface area contributed by atoms with Gasteiger partial charge in [-0.05, 0) is 6.42 Å². The van der Waals surface area contributed by atoms with E-state index >= 15 is 0 Å². The Balaban J connectivity index is 2.94. The first-order valence-electron chi connectivity index (χ1n) is 6.10. The number of nitrogens with zero attached hydrogens (tertiary/aromatic N) is 3. The van der Waals surface area contributed by atoms with Crippen molar-refractivity contribution in [3.05, 3.63) is 11.5 Å². The van der Waals surface area contributed by atoms with Gasteiger partial charge in [-0.1, -0.05) is 11.6 Å². The van der Waals surface area contributed by atoms with E-state index in [1.165, 1.54) is 22.3 Å². The van der Waals surface area contributed by atoms with Crippen LogP contribution in [0.3, 0.4) is 0 Å². The predicted octanol–water partition coefficient (Wildman–Crippen LogP) is 0.747. The molecule has 0 bridgehead atoms. The summed E-state index contributed by atoms with van der Waals surface area (Å²) in [7, 11) is 1.00. The average molecular weight is 326 g/mol. The van der Waals surface area contributed by atoms with Gasteiger partial charge in [-0.25, -0.2) is 13.4 Å². The maximum absolute atomic E-state index is 12.5. The maximum atomic E-state index is 12.5. The molecule has 0 unspecified atom stereocenters. The molecule has 0 fully saturated rings. The van der Waals surface area contributed by atoms with Gasteiger partial charge in [0.15, 0.2) is 0 Å². The maximum Gasteiger partial charge on any atom is 0.263 e. The molecule has 7 nitrogen and oxygen atoms in total. The number of imidazole rings is 1. The minimum atomic E-state index is -3.73. The summed E-state index contributed by atoms with van der Waals surface area (Å²) in [5.74, 6) is 0. The number of rotatable bonds is 9. The third-order valence-corrected chi connectivity index (χ3v) is 5.11. The van der Waals surface area contributed by atoms with Crippen LogP contribution in [0.15, 0.2) is 11.4 Å². The Kier molecular flexibility index (Phi) is 6.90. The summed E-state index contributed by atoms with van der Waals surface area (Å²) >= 11 is 5.97. The highest BCUT2D eigenvalue weighted by atomic mass is 35.5. The molecule has 0 amide bonds. The lowest BCUT2D eigenvalue weighted by molar-refractivity contribution is 0.164. The van der Waals surface area contributed by atoms with Gasteiger partial charge in [0.05, 0.1) is 12.9 Å². The van der Waals surface area contributed by atoms with Crippen molar-refractivity contribution in [2.45, 2.75) is 11.4 Å². The van der Waals surface area contributed by atoms with Crippen LogP contribution in [-0.2, 0) is 26.5 Å². The van der Waals surface area contributed by atoms with Crippen LogP contribution in [-0.4, -0.2) is 62.8 Å². The van der Waals surface area contributed by atoms with E-state index in [0.717, 1.165) is 0 Å². The first-order valence-corrected chi connectivity index (χ1v) is 7.91. The lowest BCUT2D eigenvalue weighted by atomic mass is 10.4. The number of methoxy groups -OCH3 is 2. The fourth-order valence-electron chi connectivity index (χ4n) is 1.62. The smallest absolute Gasteiger partial charge is 0.263 e. The quantitative estimate of drug-likeness (QED) is 0.626. The summed E-state index contributed by atoms with van der Waals surface area (Å²) in [6.07, 6.45) is 1.96. The van der Waals surface area contributed by atoms with Gasteiger partial charge in [0.25, 0.3) is 10.0 Å². The minimum Gasteiger partial charge on any atom is -0.385 e. The lowest BCUT2D eigenvalue weighted by Gasteiger charge is -2.20. The Morgan fingerprint density at radius 1 is 1.30 bits per heavy atom. The fraction of sp³-hybridized carbons (Fsp3) is 0.727. The second-order valence-corrected chi connectivity index (χ2v) is 6.41. The lowest BCUT2D eigenvalue weighted by Crippen LogP contribution is -2.35. The molecule has 116 valence electrons. The van der Waals surface area contributed by atoms with Gasteiger partial charge >= 0.3 is 0 Å². The molecule has 0 aliphatic rings. The molecule has 0 N–H and O–H groups in total. The van der Waals surface area contributed by atoms with Gasteiger partial charge < -0.3 is 14.0 Å². The SMILES string of the molecule is COCCCN(CCOC)S(=O)(=O)c1ncn(C)c1Cl. The predicted molar refractivity (Wildman–Crippen MR) is 75.3 cm³/mol. The normalized spacial score (nSPS) is 12.2. The number of sulfonamides is 1. The van der Waals surface area contributed by atoms with Crippen molar-refractivity contribution < 1.29 is 17.9 Å². The first kappa shape index (κ1) is 17.4. The van der Waals surface area contributed by atoms with Crippen LogP contribution in [0.25, 0.3) is 0 Å². The van der Waals surface area contributed by atoms with Crippen molar-refractivity contribution in [2.75, 3.05) is 40.5 Å². The van der Waals surface area contributed by atoms with Crippen molar-refractivity contribution in [3.63, 3.8) is 0 Å². The minimum absolute atomic E-state index is 0.0964. The third-order valence-electron chi connectivity index (χ3n) is 2.72. The Morgan fingerprint density at radius 2 is 1.95 bits per heavy atom. The Hall–Kier alpha value is -0.670. The second-order valence-electron chi connectivity index (χ2n) is 4.19. The van der Waals surface area contributed by atoms with Gasteiger partial charge in [0.1, 0.15) is 5.15 Å². The molecule has 0 aliphatic carbocycles. The molecule has 1 heterocycles. The largest absolute Gasteiger partial charge is 0.385 e. The molecular formula is C11H20ClN3O4S. The number of ether oxygens (including phenoxy) is 2. The Labute approximate surface area is 124 Å². The third kappa shape index (κ3) is 4.16. The topological polar surface area (TPSA) is 73.7 Å². The van der Waals surface area contributed by atoms with E-state index in [1.54, 1.807) is 14.2 Å². The zero-order chi connectivity index (χ0) is 15.2. The molecule has 0 spiro atoms. The van der Waals surface area contributed by atoms with Crippen molar-refractivity contribution in [3.8, 4) is 0 Å². The van der Waals surface area contributed by atoms with E-state index in [-0.39, 0.29) is 16.7 Å². The monoisotopic (exact) mass is 325 g/mol. The summed E-state index contributed by atoms with van der Waals surface area (Å²) in [5, 5.41) is -0.0330. The van der Waals surface area contributed by atoms with E-state index in [9.17, 15) is 8.42 Å². The Morgan fingerprint density at radius 3 is 2.45 bits per heavy atom. The number of halogens is 1. The molecule has 1 aromatic rings. The van der Waals surface area contributed by atoms with Gasteiger partial charge in [-0.2, -0.15) is 4.31 Å². The van der Waals surface area contributed by atoms with Crippen molar-refractivity contribution in [1.29, 1.82) is 0 Å². The zero-order valence-corrected chi connectivity index (χ0v) is 13.4. The van der Waals surface area contributed by atoms with Crippen molar-refractivity contribution in [1.82, 2.24) is 13.9 Å². The van der Waals surface area contributed by atoms with Crippen LogP contribution in [0.1, 0.15) is 6.42 Å². The molecule has 1 aromatic heterocycles. The molecule has 0 aliphatic heterocycles. The molecule has 9 heteroatoms. The van der Waals surface area contributed by atoms with Crippen molar-refractivity contribution in [2.24, 2.45) is 7.05 Å². The molecule has 0 radical (unpaired) electrons.